The predicted octanol–water partition coefficient (Wildman–Crippen LogP) is 3.15. The van der Waals surface area contributed by atoms with Crippen molar-refractivity contribution in [2.24, 2.45) is 5.73 Å². The van der Waals surface area contributed by atoms with E-state index in [-0.39, 0.29) is 11.1 Å². The third-order valence-corrected chi connectivity index (χ3v) is 2.25. The maximum atomic E-state index is 13.1. The molecule has 1 unspecified atom stereocenters. The van der Waals surface area contributed by atoms with Gasteiger partial charge in [0.1, 0.15) is 5.82 Å². The van der Waals surface area contributed by atoms with Crippen LogP contribution in [-0.2, 0) is 0 Å². The largest absolute Gasteiger partial charge is 0.324 e. The van der Waals surface area contributed by atoms with Gasteiger partial charge < -0.3 is 5.73 Å². The lowest BCUT2D eigenvalue weighted by Crippen LogP contribution is -2.07. The molecule has 1 atom stereocenters. The maximum absolute atomic E-state index is 13.1. The van der Waals surface area contributed by atoms with Crippen molar-refractivity contribution in [2.75, 3.05) is 0 Å². The van der Waals surface area contributed by atoms with Gasteiger partial charge in [-0.25, -0.2) is 4.39 Å². The van der Waals surface area contributed by atoms with Crippen molar-refractivity contribution in [3.8, 4) is 0 Å². The van der Waals surface area contributed by atoms with Crippen molar-refractivity contribution in [3.05, 3.63) is 33.6 Å². The molecule has 0 saturated carbocycles. The molecule has 66 valence electrons. The van der Waals surface area contributed by atoms with E-state index in [0.717, 1.165) is 0 Å². The molecule has 1 nitrogen and oxygen atoms in total. The van der Waals surface area contributed by atoms with Crippen LogP contribution in [0.1, 0.15) is 18.5 Å². The molecule has 0 aromatic heterocycles. The Morgan fingerprint density at radius 3 is 2.33 bits per heavy atom. The average Bonchev–Trinajstić information content (AvgIpc) is 1.96. The Balaban J connectivity index is 3.23. The molecule has 0 aliphatic heterocycles. The van der Waals surface area contributed by atoms with Crippen LogP contribution in [0.3, 0.4) is 0 Å². The molecule has 0 saturated heterocycles. The van der Waals surface area contributed by atoms with E-state index >= 15 is 0 Å². The highest BCUT2D eigenvalue weighted by Gasteiger charge is 2.09. The van der Waals surface area contributed by atoms with Crippen LogP contribution in [0.25, 0.3) is 0 Å². The Kier molecular flexibility index (Phi) is 2.94. The first-order valence-electron chi connectivity index (χ1n) is 3.42. The summed E-state index contributed by atoms with van der Waals surface area (Å²) in [6.07, 6.45) is 0. The zero-order valence-electron chi connectivity index (χ0n) is 6.44. The van der Waals surface area contributed by atoms with E-state index in [1.54, 1.807) is 6.92 Å². The van der Waals surface area contributed by atoms with Crippen LogP contribution in [-0.4, -0.2) is 0 Å². The molecule has 0 radical (unpaired) electrons. The summed E-state index contributed by atoms with van der Waals surface area (Å²) in [6, 6.07) is 2.24. The number of nitrogens with two attached hydrogens (primary N) is 1. The van der Waals surface area contributed by atoms with Crippen LogP contribution in [0.5, 0.6) is 0 Å². The lowest BCUT2D eigenvalue weighted by Gasteiger charge is -2.07. The second-order valence-electron chi connectivity index (χ2n) is 2.58. The summed E-state index contributed by atoms with van der Waals surface area (Å²) < 4.78 is 13.1. The van der Waals surface area contributed by atoms with Crippen molar-refractivity contribution in [1.29, 1.82) is 0 Å². The fourth-order valence-corrected chi connectivity index (χ4v) is 1.21. The Labute approximate surface area is 80.3 Å². The Morgan fingerprint density at radius 1 is 1.33 bits per heavy atom. The number of hydrogen-bond donors (Lipinski definition) is 1. The quantitative estimate of drug-likeness (QED) is 0.704. The number of rotatable bonds is 1. The first kappa shape index (κ1) is 9.78. The van der Waals surface area contributed by atoms with Crippen LogP contribution < -0.4 is 5.73 Å². The summed E-state index contributed by atoms with van der Waals surface area (Å²) in [4.78, 5) is 0. The Bertz CT molecular complexity index is 299. The summed E-state index contributed by atoms with van der Waals surface area (Å²) in [5.41, 5.74) is 5.87. The van der Waals surface area contributed by atoms with Gasteiger partial charge in [-0.3, -0.25) is 0 Å². The molecule has 12 heavy (non-hydrogen) atoms. The van der Waals surface area contributed by atoms with Gasteiger partial charge in [-0.05, 0) is 19.1 Å². The summed E-state index contributed by atoms with van der Waals surface area (Å²) in [6.45, 7) is 1.68. The van der Waals surface area contributed by atoms with Crippen LogP contribution in [0, 0.1) is 5.82 Å². The molecule has 0 aliphatic rings. The minimum Gasteiger partial charge on any atom is -0.324 e. The average molecular weight is 208 g/mol. The smallest absolute Gasteiger partial charge is 0.129 e. The number of benzene rings is 1. The zero-order chi connectivity index (χ0) is 9.30. The molecule has 0 fully saturated rings. The van der Waals surface area contributed by atoms with Crippen molar-refractivity contribution in [3.63, 3.8) is 0 Å². The van der Waals surface area contributed by atoms with E-state index in [2.05, 4.69) is 0 Å². The molecular weight excluding hydrogens is 200 g/mol. The van der Waals surface area contributed by atoms with E-state index in [0.29, 0.717) is 10.6 Å². The molecular formula is C8H8Cl2FN. The van der Waals surface area contributed by atoms with E-state index in [4.69, 9.17) is 28.9 Å². The Morgan fingerprint density at radius 2 is 1.83 bits per heavy atom. The highest BCUT2D eigenvalue weighted by Crippen LogP contribution is 2.27. The van der Waals surface area contributed by atoms with Gasteiger partial charge in [0.05, 0.1) is 10.0 Å². The van der Waals surface area contributed by atoms with Crippen LogP contribution in [0.15, 0.2) is 12.1 Å². The molecule has 0 heterocycles. The lowest BCUT2D eigenvalue weighted by atomic mass is 10.1. The first-order valence-corrected chi connectivity index (χ1v) is 4.18. The van der Waals surface area contributed by atoms with Crippen LogP contribution >= 0.6 is 23.2 Å². The van der Waals surface area contributed by atoms with E-state index in [1.165, 1.54) is 12.1 Å². The zero-order valence-corrected chi connectivity index (χ0v) is 7.96. The fourth-order valence-electron chi connectivity index (χ4n) is 0.887. The standard InChI is InChI=1S/C8H8Cl2FN/c1-4(12)5-2-6(9)7(10)3-8(5)11/h2-4H,12H2,1H3. The van der Waals surface area contributed by atoms with E-state index in [9.17, 15) is 4.39 Å². The van der Waals surface area contributed by atoms with Gasteiger partial charge in [-0.2, -0.15) is 0 Å². The predicted molar refractivity (Wildman–Crippen MR) is 49.0 cm³/mol. The van der Waals surface area contributed by atoms with Crippen molar-refractivity contribution >= 4 is 23.2 Å². The monoisotopic (exact) mass is 207 g/mol. The van der Waals surface area contributed by atoms with Gasteiger partial charge in [0.2, 0.25) is 0 Å². The molecule has 1 rings (SSSR count). The van der Waals surface area contributed by atoms with Crippen LogP contribution in [0.2, 0.25) is 10.0 Å². The Hall–Kier alpha value is -0.310. The normalized spacial score (nSPS) is 13.1. The van der Waals surface area contributed by atoms with Gasteiger partial charge in [0.25, 0.3) is 0 Å². The van der Waals surface area contributed by atoms with E-state index in [1.807, 2.05) is 0 Å². The first-order chi connectivity index (χ1) is 5.52. The van der Waals surface area contributed by atoms with Gasteiger partial charge in [0, 0.05) is 11.6 Å². The highest BCUT2D eigenvalue weighted by atomic mass is 35.5. The second kappa shape index (κ2) is 3.60. The van der Waals surface area contributed by atoms with Crippen LogP contribution in [0.4, 0.5) is 4.39 Å². The van der Waals surface area contributed by atoms with E-state index < -0.39 is 5.82 Å². The maximum Gasteiger partial charge on any atom is 0.129 e. The topological polar surface area (TPSA) is 26.0 Å². The molecule has 4 heteroatoms. The van der Waals surface area contributed by atoms with Crippen molar-refractivity contribution in [2.45, 2.75) is 13.0 Å². The fraction of sp³-hybridized carbons (Fsp3) is 0.250. The summed E-state index contributed by atoms with van der Waals surface area (Å²) in [7, 11) is 0. The SMILES string of the molecule is CC(N)c1cc(Cl)c(Cl)cc1F. The summed E-state index contributed by atoms with van der Waals surface area (Å²) in [5, 5.41) is 0.531. The molecule has 1 aromatic rings. The summed E-state index contributed by atoms with van der Waals surface area (Å²) >= 11 is 11.3. The molecule has 2 N–H and O–H groups in total. The van der Waals surface area contributed by atoms with Crippen molar-refractivity contribution in [1.82, 2.24) is 0 Å². The number of halogens is 3. The molecule has 0 aliphatic carbocycles. The lowest BCUT2D eigenvalue weighted by molar-refractivity contribution is 0.594. The van der Waals surface area contributed by atoms with Gasteiger partial charge >= 0.3 is 0 Å². The molecule has 0 bridgehead atoms. The van der Waals surface area contributed by atoms with Gasteiger partial charge in [-0.1, -0.05) is 23.2 Å². The second-order valence-corrected chi connectivity index (χ2v) is 3.39. The number of hydrogen-bond acceptors (Lipinski definition) is 1. The molecule has 1 aromatic carbocycles. The molecule has 0 amide bonds. The molecule has 0 spiro atoms. The van der Waals surface area contributed by atoms with Gasteiger partial charge in [0.15, 0.2) is 0 Å². The minimum atomic E-state index is -0.417. The third-order valence-electron chi connectivity index (χ3n) is 1.53. The van der Waals surface area contributed by atoms with Crippen molar-refractivity contribution < 1.29 is 4.39 Å². The minimum absolute atomic E-state index is 0.207. The summed E-state index contributed by atoms with van der Waals surface area (Å²) in [5.74, 6) is -0.417. The highest BCUT2D eigenvalue weighted by molar-refractivity contribution is 6.42. The third kappa shape index (κ3) is 1.89. The van der Waals surface area contributed by atoms with Gasteiger partial charge in [-0.15, -0.1) is 0 Å².